The number of nitrogens with one attached hydrogen (secondary N) is 1. The molecular formula is C21H24ClNO4. The van der Waals surface area contributed by atoms with Crippen LogP contribution in [0.1, 0.15) is 30.9 Å². The Labute approximate surface area is 164 Å². The van der Waals surface area contributed by atoms with Crippen molar-refractivity contribution in [2.75, 3.05) is 19.5 Å². The molecule has 0 radical (unpaired) electrons. The van der Waals surface area contributed by atoms with E-state index in [1.807, 2.05) is 12.1 Å². The molecule has 2 aromatic rings. The number of methoxy groups -OCH3 is 2. The maximum Gasteiger partial charge on any atom is 0.265 e. The molecule has 1 aliphatic carbocycles. The standard InChI is InChI=1S/C21H24ClNO4/c1-13(27-16-9-8-14-6-4-5-7-15(14)10-16)21(24)23-18-12-19(25-2)17(22)11-20(18)26-3/h8-13H,4-7H2,1-3H3,(H,23,24)/t13-/m1/s1. The summed E-state index contributed by atoms with van der Waals surface area (Å²) in [4.78, 5) is 12.6. The molecule has 1 amide bonds. The zero-order valence-electron chi connectivity index (χ0n) is 15.8. The van der Waals surface area contributed by atoms with Crippen LogP contribution < -0.4 is 19.5 Å². The second kappa shape index (κ2) is 8.53. The Balaban J connectivity index is 1.71. The molecule has 27 heavy (non-hydrogen) atoms. The fourth-order valence-electron chi connectivity index (χ4n) is 3.23. The maximum absolute atomic E-state index is 12.6. The van der Waals surface area contributed by atoms with Gasteiger partial charge in [0.25, 0.3) is 5.91 Å². The number of hydrogen-bond donors (Lipinski definition) is 1. The molecule has 1 aliphatic rings. The number of carbonyl (C=O) groups is 1. The van der Waals surface area contributed by atoms with E-state index in [1.165, 1.54) is 38.2 Å². The highest BCUT2D eigenvalue weighted by Crippen LogP contribution is 2.36. The molecule has 1 N–H and O–H groups in total. The predicted molar refractivity (Wildman–Crippen MR) is 106 cm³/mol. The van der Waals surface area contributed by atoms with Gasteiger partial charge in [0.1, 0.15) is 17.2 Å². The maximum atomic E-state index is 12.6. The van der Waals surface area contributed by atoms with Crippen molar-refractivity contribution < 1.29 is 19.0 Å². The summed E-state index contributed by atoms with van der Waals surface area (Å²) in [6.07, 6.45) is 3.94. The average molecular weight is 390 g/mol. The van der Waals surface area contributed by atoms with Crippen molar-refractivity contribution in [1.82, 2.24) is 0 Å². The van der Waals surface area contributed by atoms with E-state index in [0.29, 0.717) is 28.0 Å². The SMILES string of the molecule is COc1cc(NC(=O)[C@@H](C)Oc2ccc3c(c2)CCCC3)c(OC)cc1Cl. The number of rotatable bonds is 6. The molecule has 2 aromatic carbocycles. The Morgan fingerprint density at radius 3 is 2.44 bits per heavy atom. The summed E-state index contributed by atoms with van der Waals surface area (Å²) in [7, 11) is 3.03. The molecule has 0 unspecified atom stereocenters. The number of anilines is 1. The van der Waals surface area contributed by atoms with Gasteiger partial charge in [0.05, 0.1) is 24.9 Å². The van der Waals surface area contributed by atoms with E-state index >= 15 is 0 Å². The molecule has 5 nitrogen and oxygen atoms in total. The van der Waals surface area contributed by atoms with E-state index in [9.17, 15) is 4.79 Å². The minimum atomic E-state index is -0.669. The van der Waals surface area contributed by atoms with Gasteiger partial charge in [-0.1, -0.05) is 17.7 Å². The van der Waals surface area contributed by atoms with Crippen LogP contribution >= 0.6 is 11.6 Å². The highest BCUT2D eigenvalue weighted by atomic mass is 35.5. The molecule has 144 valence electrons. The second-order valence-electron chi connectivity index (χ2n) is 6.57. The fraction of sp³-hybridized carbons (Fsp3) is 0.381. The summed E-state index contributed by atoms with van der Waals surface area (Å²) in [6, 6.07) is 9.31. The van der Waals surface area contributed by atoms with E-state index < -0.39 is 6.10 Å². The molecule has 0 spiro atoms. The lowest BCUT2D eigenvalue weighted by atomic mass is 9.92. The molecule has 0 aliphatic heterocycles. The molecular weight excluding hydrogens is 366 g/mol. The lowest BCUT2D eigenvalue weighted by Crippen LogP contribution is -2.30. The molecule has 0 heterocycles. The molecule has 0 bridgehead atoms. The number of carbonyl (C=O) groups excluding carboxylic acids is 1. The molecule has 0 fully saturated rings. The highest BCUT2D eigenvalue weighted by molar-refractivity contribution is 6.32. The second-order valence-corrected chi connectivity index (χ2v) is 6.98. The van der Waals surface area contributed by atoms with Crippen molar-refractivity contribution in [2.45, 2.75) is 38.7 Å². The topological polar surface area (TPSA) is 56.8 Å². The number of halogens is 1. The summed E-state index contributed by atoms with van der Waals surface area (Å²) in [5.74, 6) is 1.33. The van der Waals surface area contributed by atoms with Crippen LogP contribution in [-0.4, -0.2) is 26.2 Å². The van der Waals surface area contributed by atoms with Gasteiger partial charge in [-0.15, -0.1) is 0 Å². The Morgan fingerprint density at radius 1 is 1.04 bits per heavy atom. The summed E-state index contributed by atoms with van der Waals surface area (Å²) >= 11 is 6.10. The molecule has 6 heteroatoms. The van der Waals surface area contributed by atoms with E-state index in [1.54, 1.807) is 19.1 Å². The Hall–Kier alpha value is -2.40. The average Bonchev–Trinajstić information content (AvgIpc) is 2.68. The molecule has 0 aromatic heterocycles. The van der Waals surface area contributed by atoms with Crippen molar-refractivity contribution in [3.63, 3.8) is 0 Å². The monoisotopic (exact) mass is 389 g/mol. The van der Waals surface area contributed by atoms with Gasteiger partial charge in [-0.25, -0.2) is 0 Å². The summed E-state index contributed by atoms with van der Waals surface area (Å²) in [5, 5.41) is 3.23. The smallest absolute Gasteiger partial charge is 0.265 e. The van der Waals surface area contributed by atoms with Gasteiger partial charge in [-0.3, -0.25) is 4.79 Å². The summed E-state index contributed by atoms with van der Waals surface area (Å²) < 4.78 is 16.4. The first-order valence-corrected chi connectivity index (χ1v) is 9.40. The van der Waals surface area contributed by atoms with Gasteiger partial charge in [0.15, 0.2) is 6.10 Å². The minimum absolute atomic E-state index is 0.282. The normalized spacial score (nSPS) is 14.1. The van der Waals surface area contributed by atoms with Crippen LogP contribution in [0.15, 0.2) is 30.3 Å². The first kappa shape index (κ1) is 19.4. The van der Waals surface area contributed by atoms with E-state index in [2.05, 4.69) is 11.4 Å². The van der Waals surface area contributed by atoms with Gasteiger partial charge < -0.3 is 19.5 Å². The highest BCUT2D eigenvalue weighted by Gasteiger charge is 2.19. The Kier molecular flexibility index (Phi) is 6.11. The molecule has 1 atom stereocenters. The first-order valence-electron chi connectivity index (χ1n) is 9.02. The van der Waals surface area contributed by atoms with E-state index in [0.717, 1.165) is 12.8 Å². The van der Waals surface area contributed by atoms with Crippen LogP contribution in [0.25, 0.3) is 0 Å². The third kappa shape index (κ3) is 4.48. The first-order chi connectivity index (χ1) is 13.0. The van der Waals surface area contributed by atoms with Crippen LogP contribution in [-0.2, 0) is 17.6 Å². The Bertz CT molecular complexity index is 837. The number of aryl methyl sites for hydroxylation is 2. The van der Waals surface area contributed by atoms with Gasteiger partial charge in [0.2, 0.25) is 0 Å². The summed E-state index contributed by atoms with van der Waals surface area (Å²) in [5.41, 5.74) is 3.17. The largest absolute Gasteiger partial charge is 0.495 e. The van der Waals surface area contributed by atoms with E-state index in [4.69, 9.17) is 25.8 Å². The number of fused-ring (bicyclic) bond motifs is 1. The van der Waals surface area contributed by atoms with Crippen LogP contribution in [0.5, 0.6) is 17.2 Å². The van der Waals surface area contributed by atoms with Crippen LogP contribution in [0.3, 0.4) is 0 Å². The van der Waals surface area contributed by atoms with Crippen molar-refractivity contribution in [1.29, 1.82) is 0 Å². The summed E-state index contributed by atoms with van der Waals surface area (Å²) in [6.45, 7) is 1.72. The zero-order valence-corrected chi connectivity index (χ0v) is 16.6. The zero-order chi connectivity index (χ0) is 19.4. The third-order valence-corrected chi connectivity index (χ3v) is 5.03. The minimum Gasteiger partial charge on any atom is -0.495 e. The van der Waals surface area contributed by atoms with Crippen molar-refractivity contribution in [2.24, 2.45) is 0 Å². The van der Waals surface area contributed by atoms with Gasteiger partial charge >= 0.3 is 0 Å². The lowest BCUT2D eigenvalue weighted by molar-refractivity contribution is -0.122. The van der Waals surface area contributed by atoms with Crippen molar-refractivity contribution >= 4 is 23.2 Å². The van der Waals surface area contributed by atoms with Crippen LogP contribution in [0.4, 0.5) is 5.69 Å². The molecule has 0 saturated carbocycles. The van der Waals surface area contributed by atoms with Gasteiger partial charge in [-0.05, 0) is 55.9 Å². The lowest BCUT2D eigenvalue weighted by Gasteiger charge is -2.20. The fourth-order valence-corrected chi connectivity index (χ4v) is 3.46. The van der Waals surface area contributed by atoms with Crippen LogP contribution in [0, 0.1) is 0 Å². The number of hydrogen-bond acceptors (Lipinski definition) is 4. The van der Waals surface area contributed by atoms with E-state index in [-0.39, 0.29) is 5.91 Å². The predicted octanol–water partition coefficient (Wildman–Crippen LogP) is 4.64. The molecule has 3 rings (SSSR count). The number of benzene rings is 2. The quantitative estimate of drug-likeness (QED) is 0.781. The van der Waals surface area contributed by atoms with Crippen molar-refractivity contribution in [3.05, 3.63) is 46.5 Å². The van der Waals surface area contributed by atoms with Crippen molar-refractivity contribution in [3.8, 4) is 17.2 Å². The Morgan fingerprint density at radius 2 is 1.74 bits per heavy atom. The number of ether oxygens (including phenoxy) is 3. The van der Waals surface area contributed by atoms with Gasteiger partial charge in [-0.2, -0.15) is 0 Å². The molecule has 0 saturated heterocycles. The number of amides is 1. The van der Waals surface area contributed by atoms with Crippen LogP contribution in [0.2, 0.25) is 5.02 Å². The van der Waals surface area contributed by atoms with Gasteiger partial charge in [0, 0.05) is 12.1 Å². The third-order valence-electron chi connectivity index (χ3n) is 4.73.